The highest BCUT2D eigenvalue weighted by Crippen LogP contribution is 2.20. The Hall–Kier alpha value is -1.76. The van der Waals surface area contributed by atoms with Crippen molar-refractivity contribution in [2.45, 2.75) is 6.54 Å². The lowest BCUT2D eigenvalue weighted by atomic mass is 10.2. The lowest BCUT2D eigenvalue weighted by Gasteiger charge is -2.09. The summed E-state index contributed by atoms with van der Waals surface area (Å²) in [6.45, 7) is 0.314. The molecule has 1 aromatic carbocycles. The van der Waals surface area contributed by atoms with Crippen LogP contribution in [0.2, 0.25) is 10.0 Å². The molecule has 0 spiro atoms. The first kappa shape index (κ1) is 15.6. The summed E-state index contributed by atoms with van der Waals surface area (Å²) in [6.07, 6.45) is 3.25. The number of benzene rings is 1. The van der Waals surface area contributed by atoms with Crippen molar-refractivity contribution in [2.24, 2.45) is 0 Å². The third-order valence-corrected chi connectivity index (χ3v) is 3.22. The van der Waals surface area contributed by atoms with E-state index in [-0.39, 0.29) is 10.1 Å². The van der Waals surface area contributed by atoms with Crippen LogP contribution in [0.4, 0.5) is 0 Å². The molecule has 1 aromatic heterocycles. The maximum absolute atomic E-state index is 12.0. The van der Waals surface area contributed by atoms with Crippen molar-refractivity contribution in [3.63, 3.8) is 0 Å². The van der Waals surface area contributed by atoms with Gasteiger partial charge in [0.25, 0.3) is 5.91 Å². The normalized spacial score (nSPS) is 10.0. The van der Waals surface area contributed by atoms with E-state index in [4.69, 9.17) is 35.4 Å². The van der Waals surface area contributed by atoms with Crippen LogP contribution in [0.15, 0.2) is 36.7 Å². The summed E-state index contributed by atoms with van der Waals surface area (Å²) >= 11 is 16.8. The van der Waals surface area contributed by atoms with Gasteiger partial charge in [-0.1, -0.05) is 23.2 Å². The number of amides is 1. The van der Waals surface area contributed by atoms with Crippen molar-refractivity contribution in [1.82, 2.24) is 20.6 Å². The largest absolute Gasteiger partial charge is 0.355 e. The first-order valence-electron chi connectivity index (χ1n) is 5.86. The molecular weight excluding hydrogens is 331 g/mol. The molecule has 0 atom stereocenters. The zero-order valence-electron chi connectivity index (χ0n) is 10.6. The molecule has 2 rings (SSSR count). The third kappa shape index (κ3) is 4.63. The Morgan fingerprint density at radius 2 is 1.95 bits per heavy atom. The highest BCUT2D eigenvalue weighted by atomic mass is 35.5. The van der Waals surface area contributed by atoms with Gasteiger partial charge in [-0.25, -0.2) is 9.97 Å². The molecule has 8 heteroatoms. The molecule has 2 N–H and O–H groups in total. The van der Waals surface area contributed by atoms with Gasteiger partial charge in [0.2, 0.25) is 0 Å². The van der Waals surface area contributed by atoms with E-state index in [1.165, 1.54) is 12.1 Å². The van der Waals surface area contributed by atoms with Gasteiger partial charge >= 0.3 is 0 Å². The SMILES string of the molecule is O=C(NC(=S)NCc1ncccn1)c1ccc(Cl)cc1Cl. The summed E-state index contributed by atoms with van der Waals surface area (Å²) in [5, 5.41) is 6.24. The van der Waals surface area contributed by atoms with Crippen molar-refractivity contribution >= 4 is 46.4 Å². The van der Waals surface area contributed by atoms with Crippen LogP contribution in [0.5, 0.6) is 0 Å². The Morgan fingerprint density at radius 3 is 2.62 bits per heavy atom. The van der Waals surface area contributed by atoms with E-state index in [0.717, 1.165) is 0 Å². The van der Waals surface area contributed by atoms with Crippen molar-refractivity contribution in [3.8, 4) is 0 Å². The fourth-order valence-electron chi connectivity index (χ4n) is 1.47. The molecule has 0 radical (unpaired) electrons. The molecule has 2 aromatic rings. The van der Waals surface area contributed by atoms with Crippen LogP contribution in [0.25, 0.3) is 0 Å². The first-order chi connectivity index (χ1) is 10.1. The van der Waals surface area contributed by atoms with Gasteiger partial charge < -0.3 is 5.32 Å². The molecule has 0 aliphatic carbocycles. The van der Waals surface area contributed by atoms with Crippen LogP contribution < -0.4 is 10.6 Å². The summed E-state index contributed by atoms with van der Waals surface area (Å²) in [7, 11) is 0. The maximum atomic E-state index is 12.0. The van der Waals surface area contributed by atoms with Crippen molar-refractivity contribution in [2.75, 3.05) is 0 Å². The van der Waals surface area contributed by atoms with E-state index in [0.29, 0.717) is 23.0 Å². The number of nitrogens with zero attached hydrogens (tertiary/aromatic N) is 2. The van der Waals surface area contributed by atoms with Gasteiger partial charge in [-0.2, -0.15) is 0 Å². The van der Waals surface area contributed by atoms with E-state index >= 15 is 0 Å². The molecular formula is C13H10Cl2N4OS. The van der Waals surface area contributed by atoms with Gasteiger partial charge in [0.05, 0.1) is 17.1 Å². The predicted octanol–water partition coefficient (Wildman–Crippen LogP) is 2.59. The minimum atomic E-state index is -0.414. The first-order valence-corrected chi connectivity index (χ1v) is 7.03. The zero-order chi connectivity index (χ0) is 15.2. The number of hydrogen-bond donors (Lipinski definition) is 2. The number of aromatic nitrogens is 2. The average Bonchev–Trinajstić information content (AvgIpc) is 2.46. The quantitative estimate of drug-likeness (QED) is 0.840. The van der Waals surface area contributed by atoms with Gasteiger partial charge in [-0.3, -0.25) is 10.1 Å². The van der Waals surface area contributed by atoms with E-state index in [1.54, 1.807) is 24.5 Å². The van der Waals surface area contributed by atoms with E-state index in [2.05, 4.69) is 20.6 Å². The third-order valence-electron chi connectivity index (χ3n) is 2.43. The van der Waals surface area contributed by atoms with Crippen LogP contribution >= 0.6 is 35.4 Å². The minimum absolute atomic E-state index is 0.165. The number of halogens is 2. The Kier molecular flexibility index (Phi) is 5.44. The zero-order valence-corrected chi connectivity index (χ0v) is 13.0. The minimum Gasteiger partial charge on any atom is -0.355 e. The summed E-state index contributed by atoms with van der Waals surface area (Å²) in [6, 6.07) is 6.32. The number of thiocarbonyl (C=S) groups is 1. The topological polar surface area (TPSA) is 66.9 Å². The molecule has 108 valence electrons. The number of hydrogen-bond acceptors (Lipinski definition) is 4. The molecule has 0 saturated carbocycles. The Bertz CT molecular complexity index is 666. The predicted molar refractivity (Wildman–Crippen MR) is 85.4 cm³/mol. The van der Waals surface area contributed by atoms with Gasteiger partial charge in [-0.05, 0) is 36.5 Å². The smallest absolute Gasteiger partial charge is 0.258 e. The van der Waals surface area contributed by atoms with E-state index < -0.39 is 5.91 Å². The van der Waals surface area contributed by atoms with E-state index in [1.807, 2.05) is 0 Å². The highest BCUT2D eigenvalue weighted by molar-refractivity contribution is 7.80. The van der Waals surface area contributed by atoms with Gasteiger partial charge in [0.15, 0.2) is 5.11 Å². The number of nitrogens with one attached hydrogen (secondary N) is 2. The van der Waals surface area contributed by atoms with Crippen molar-refractivity contribution in [3.05, 3.63) is 58.1 Å². The lowest BCUT2D eigenvalue weighted by molar-refractivity contribution is 0.0977. The second-order valence-electron chi connectivity index (χ2n) is 3.93. The van der Waals surface area contributed by atoms with Crippen LogP contribution in [-0.4, -0.2) is 21.0 Å². The van der Waals surface area contributed by atoms with Gasteiger partial charge in [0, 0.05) is 17.4 Å². The number of carbonyl (C=O) groups excluding carboxylic acids is 1. The molecule has 0 bridgehead atoms. The summed E-state index contributed by atoms with van der Waals surface area (Å²) in [4.78, 5) is 20.1. The Labute approximate surface area is 136 Å². The molecule has 1 heterocycles. The van der Waals surface area contributed by atoms with Crippen LogP contribution in [0.1, 0.15) is 16.2 Å². The van der Waals surface area contributed by atoms with Crippen LogP contribution in [0, 0.1) is 0 Å². The summed E-state index contributed by atoms with van der Waals surface area (Å²) < 4.78 is 0. The lowest BCUT2D eigenvalue weighted by Crippen LogP contribution is -2.39. The molecule has 0 saturated heterocycles. The monoisotopic (exact) mass is 340 g/mol. The number of carbonyl (C=O) groups is 1. The van der Waals surface area contributed by atoms with E-state index in [9.17, 15) is 4.79 Å². The highest BCUT2D eigenvalue weighted by Gasteiger charge is 2.12. The summed E-state index contributed by atoms with van der Waals surface area (Å²) in [5.41, 5.74) is 0.293. The van der Waals surface area contributed by atoms with Crippen LogP contribution in [-0.2, 0) is 6.54 Å². The van der Waals surface area contributed by atoms with Crippen molar-refractivity contribution < 1.29 is 4.79 Å². The second-order valence-corrected chi connectivity index (χ2v) is 5.18. The van der Waals surface area contributed by atoms with Crippen molar-refractivity contribution in [1.29, 1.82) is 0 Å². The molecule has 1 amide bonds. The summed E-state index contributed by atoms with van der Waals surface area (Å²) in [5.74, 6) is 0.154. The molecule has 0 aliphatic rings. The van der Waals surface area contributed by atoms with Gasteiger partial charge in [-0.15, -0.1) is 0 Å². The second kappa shape index (κ2) is 7.31. The molecule has 5 nitrogen and oxygen atoms in total. The Morgan fingerprint density at radius 1 is 1.24 bits per heavy atom. The average molecular weight is 341 g/mol. The van der Waals surface area contributed by atoms with Crippen LogP contribution in [0.3, 0.4) is 0 Å². The standard InChI is InChI=1S/C13H10Cl2N4OS/c14-8-2-3-9(10(15)6-8)12(20)19-13(21)18-7-11-16-4-1-5-17-11/h1-6H,7H2,(H2,18,19,20,21). The maximum Gasteiger partial charge on any atom is 0.258 e. The van der Waals surface area contributed by atoms with Gasteiger partial charge in [0.1, 0.15) is 5.82 Å². The molecule has 0 fully saturated rings. The molecule has 21 heavy (non-hydrogen) atoms. The molecule has 0 unspecified atom stereocenters. The molecule has 0 aliphatic heterocycles. The fourth-order valence-corrected chi connectivity index (χ4v) is 2.13. The Balaban J connectivity index is 1.91. The number of rotatable bonds is 3. The fraction of sp³-hybridized carbons (Fsp3) is 0.0769.